The lowest BCUT2D eigenvalue weighted by atomic mass is 10.2. The Labute approximate surface area is 120 Å². The number of fused-ring (bicyclic) bond motifs is 1. The Morgan fingerprint density at radius 3 is 2.79 bits per heavy atom. The average Bonchev–Trinajstić information content (AvgIpc) is 3.06. The van der Waals surface area contributed by atoms with Crippen molar-refractivity contribution in [1.29, 1.82) is 0 Å². The van der Waals surface area contributed by atoms with E-state index < -0.39 is 0 Å². The van der Waals surface area contributed by atoms with Gasteiger partial charge in [0.2, 0.25) is 0 Å². The zero-order valence-electron chi connectivity index (χ0n) is 10.9. The van der Waals surface area contributed by atoms with Crippen LogP contribution in [0, 0.1) is 0 Å². The van der Waals surface area contributed by atoms with Gasteiger partial charge >= 0.3 is 0 Å². The van der Waals surface area contributed by atoms with Gasteiger partial charge in [0, 0.05) is 4.70 Å². The Balaban J connectivity index is 1.97. The van der Waals surface area contributed by atoms with Gasteiger partial charge in [-0.15, -0.1) is 21.5 Å². The maximum Gasteiger partial charge on any atom is 0.157 e. The van der Waals surface area contributed by atoms with Crippen LogP contribution in [-0.2, 0) is 0 Å². The van der Waals surface area contributed by atoms with E-state index in [-0.39, 0.29) is 0 Å². The van der Waals surface area contributed by atoms with Gasteiger partial charge in [-0.1, -0.05) is 36.5 Å². The number of nitrogens with one attached hydrogen (secondary N) is 1. The summed E-state index contributed by atoms with van der Waals surface area (Å²) in [5, 5.41) is 15.3. The van der Waals surface area contributed by atoms with Crippen LogP contribution in [-0.4, -0.2) is 17.2 Å². The summed E-state index contributed by atoms with van der Waals surface area (Å²) in [4.78, 5) is 1.20. The SMILES string of the molecule is CCC(NC)c1nnc(-c2cc3ccccc3s2)s1. The molecule has 1 N–H and O–H groups in total. The van der Waals surface area contributed by atoms with E-state index in [2.05, 4.69) is 52.8 Å². The van der Waals surface area contributed by atoms with Gasteiger partial charge in [0.25, 0.3) is 0 Å². The maximum atomic E-state index is 4.34. The highest BCUT2D eigenvalue weighted by molar-refractivity contribution is 7.25. The second-order valence-electron chi connectivity index (χ2n) is 4.34. The van der Waals surface area contributed by atoms with Crippen LogP contribution >= 0.6 is 22.7 Å². The predicted molar refractivity (Wildman–Crippen MR) is 82.8 cm³/mol. The monoisotopic (exact) mass is 289 g/mol. The largest absolute Gasteiger partial charge is 0.311 e. The van der Waals surface area contributed by atoms with Crippen molar-refractivity contribution in [2.45, 2.75) is 19.4 Å². The van der Waals surface area contributed by atoms with Crippen molar-refractivity contribution in [2.75, 3.05) is 7.05 Å². The normalized spacial score (nSPS) is 12.9. The molecular formula is C14H15N3S2. The molecule has 5 heteroatoms. The molecule has 2 heterocycles. The Bertz CT molecular complexity index is 650. The van der Waals surface area contributed by atoms with Crippen molar-refractivity contribution >= 4 is 32.8 Å². The minimum atomic E-state index is 0.306. The molecule has 19 heavy (non-hydrogen) atoms. The van der Waals surface area contributed by atoms with Crippen LogP contribution in [0.2, 0.25) is 0 Å². The summed E-state index contributed by atoms with van der Waals surface area (Å²) in [6, 6.07) is 10.9. The zero-order valence-corrected chi connectivity index (χ0v) is 12.5. The second-order valence-corrected chi connectivity index (χ2v) is 6.44. The summed E-state index contributed by atoms with van der Waals surface area (Å²) >= 11 is 3.46. The van der Waals surface area contributed by atoms with E-state index in [1.807, 2.05) is 7.05 Å². The van der Waals surface area contributed by atoms with E-state index in [9.17, 15) is 0 Å². The van der Waals surface area contributed by atoms with E-state index in [0.29, 0.717) is 6.04 Å². The van der Waals surface area contributed by atoms with Crippen LogP contribution in [0.15, 0.2) is 30.3 Å². The minimum absolute atomic E-state index is 0.306. The lowest BCUT2D eigenvalue weighted by Crippen LogP contribution is -2.14. The predicted octanol–water partition coefficient (Wildman–Crippen LogP) is 4.09. The third-order valence-electron chi connectivity index (χ3n) is 3.13. The highest BCUT2D eigenvalue weighted by atomic mass is 32.1. The van der Waals surface area contributed by atoms with E-state index in [1.165, 1.54) is 15.0 Å². The summed E-state index contributed by atoms with van der Waals surface area (Å²) in [5.41, 5.74) is 0. The molecule has 0 aliphatic rings. The molecule has 0 spiro atoms. The Morgan fingerprint density at radius 1 is 1.21 bits per heavy atom. The van der Waals surface area contributed by atoms with Gasteiger partial charge in [0.15, 0.2) is 5.01 Å². The Kier molecular flexibility index (Phi) is 3.59. The van der Waals surface area contributed by atoms with E-state index in [1.54, 1.807) is 22.7 Å². The molecule has 1 unspecified atom stereocenters. The van der Waals surface area contributed by atoms with Gasteiger partial charge in [0.1, 0.15) is 5.01 Å². The van der Waals surface area contributed by atoms with Crippen molar-refractivity contribution in [1.82, 2.24) is 15.5 Å². The molecule has 3 aromatic rings. The fourth-order valence-electron chi connectivity index (χ4n) is 2.06. The van der Waals surface area contributed by atoms with E-state index in [4.69, 9.17) is 0 Å². The molecule has 3 nitrogen and oxygen atoms in total. The van der Waals surface area contributed by atoms with Crippen molar-refractivity contribution in [2.24, 2.45) is 0 Å². The quantitative estimate of drug-likeness (QED) is 0.786. The molecular weight excluding hydrogens is 274 g/mol. The first kappa shape index (κ1) is 12.7. The lowest BCUT2D eigenvalue weighted by molar-refractivity contribution is 0.568. The maximum absolute atomic E-state index is 4.34. The molecule has 0 aliphatic carbocycles. The Morgan fingerprint density at radius 2 is 2.05 bits per heavy atom. The van der Waals surface area contributed by atoms with Crippen LogP contribution in [0.5, 0.6) is 0 Å². The molecule has 0 saturated heterocycles. The molecule has 2 aromatic heterocycles. The number of aromatic nitrogens is 2. The van der Waals surface area contributed by atoms with Crippen molar-refractivity contribution in [3.63, 3.8) is 0 Å². The summed E-state index contributed by atoms with van der Waals surface area (Å²) in [7, 11) is 1.97. The number of benzene rings is 1. The first-order valence-electron chi connectivity index (χ1n) is 6.31. The van der Waals surface area contributed by atoms with Gasteiger partial charge < -0.3 is 5.32 Å². The Hall–Kier alpha value is -1.30. The molecule has 0 aliphatic heterocycles. The molecule has 1 atom stereocenters. The third-order valence-corrected chi connectivity index (χ3v) is 5.45. The van der Waals surface area contributed by atoms with Gasteiger partial charge in [-0.25, -0.2) is 0 Å². The summed E-state index contributed by atoms with van der Waals surface area (Å²) in [5.74, 6) is 0. The topological polar surface area (TPSA) is 37.8 Å². The highest BCUT2D eigenvalue weighted by Gasteiger charge is 2.15. The van der Waals surface area contributed by atoms with Crippen LogP contribution in [0.1, 0.15) is 24.4 Å². The molecule has 0 fully saturated rings. The average molecular weight is 289 g/mol. The van der Waals surface area contributed by atoms with Gasteiger partial charge in [-0.3, -0.25) is 0 Å². The molecule has 3 rings (SSSR count). The van der Waals surface area contributed by atoms with Crippen molar-refractivity contribution in [3.05, 3.63) is 35.3 Å². The number of hydrogen-bond donors (Lipinski definition) is 1. The van der Waals surface area contributed by atoms with Gasteiger partial charge in [-0.2, -0.15) is 0 Å². The molecule has 0 amide bonds. The van der Waals surface area contributed by atoms with E-state index >= 15 is 0 Å². The molecule has 1 aromatic carbocycles. The fraction of sp³-hybridized carbons (Fsp3) is 0.286. The summed E-state index contributed by atoms with van der Waals surface area (Å²) in [6.45, 7) is 2.15. The van der Waals surface area contributed by atoms with Crippen LogP contribution in [0.4, 0.5) is 0 Å². The highest BCUT2D eigenvalue weighted by Crippen LogP contribution is 2.36. The number of thiophene rings is 1. The number of hydrogen-bond acceptors (Lipinski definition) is 5. The zero-order chi connectivity index (χ0) is 13.2. The van der Waals surface area contributed by atoms with Crippen LogP contribution < -0.4 is 5.32 Å². The minimum Gasteiger partial charge on any atom is -0.311 e. The summed E-state index contributed by atoms with van der Waals surface area (Å²) < 4.78 is 1.30. The van der Waals surface area contributed by atoms with Crippen molar-refractivity contribution < 1.29 is 0 Å². The molecule has 0 saturated carbocycles. The molecule has 0 radical (unpaired) electrons. The number of nitrogens with zero attached hydrogens (tertiary/aromatic N) is 2. The summed E-state index contributed by atoms with van der Waals surface area (Å²) in [6.07, 6.45) is 1.03. The lowest BCUT2D eigenvalue weighted by Gasteiger charge is -2.07. The van der Waals surface area contributed by atoms with Crippen LogP contribution in [0.3, 0.4) is 0 Å². The van der Waals surface area contributed by atoms with E-state index in [0.717, 1.165) is 16.4 Å². The third kappa shape index (κ3) is 2.41. The first-order valence-corrected chi connectivity index (χ1v) is 7.94. The first-order chi connectivity index (χ1) is 9.31. The standard InChI is InChI=1S/C14H15N3S2/c1-3-10(15-2)13-16-17-14(19-13)12-8-9-6-4-5-7-11(9)18-12/h4-8,10,15H,3H2,1-2H3. The molecule has 98 valence electrons. The second kappa shape index (κ2) is 5.36. The number of rotatable bonds is 4. The molecule has 0 bridgehead atoms. The van der Waals surface area contributed by atoms with Gasteiger partial charge in [0.05, 0.1) is 10.9 Å². The smallest absolute Gasteiger partial charge is 0.157 e. The van der Waals surface area contributed by atoms with Gasteiger partial charge in [-0.05, 0) is 31.0 Å². The fourth-order valence-corrected chi connectivity index (χ4v) is 4.20. The van der Waals surface area contributed by atoms with Crippen molar-refractivity contribution in [3.8, 4) is 9.88 Å². The van der Waals surface area contributed by atoms with Crippen LogP contribution in [0.25, 0.3) is 20.0 Å².